The smallest absolute Gasteiger partial charge is 0.207 e. The number of thiol groups is 1. The van der Waals surface area contributed by atoms with Crippen LogP contribution in [0.1, 0.15) is 57.6 Å². The van der Waals surface area contributed by atoms with Crippen LogP contribution in [0.25, 0.3) is 0 Å². The molecule has 1 aliphatic heterocycles. The van der Waals surface area contributed by atoms with Crippen LogP contribution in [0.2, 0.25) is 0 Å². The minimum Gasteiger partial charge on any atom is -0.493 e. The predicted molar refractivity (Wildman–Crippen MR) is 139 cm³/mol. The molecule has 35 heavy (non-hydrogen) atoms. The van der Waals surface area contributed by atoms with Crippen molar-refractivity contribution in [3.63, 3.8) is 0 Å². The van der Waals surface area contributed by atoms with Gasteiger partial charge in [0.05, 0.1) is 6.61 Å². The molecule has 1 amide bonds. The van der Waals surface area contributed by atoms with Crippen LogP contribution in [0.3, 0.4) is 0 Å². The summed E-state index contributed by atoms with van der Waals surface area (Å²) in [4.78, 5) is 9.75. The monoisotopic (exact) mass is 512 g/mol. The molecule has 1 aliphatic rings. The Morgan fingerprint density at radius 3 is 2.26 bits per heavy atom. The Bertz CT molecular complexity index is 864. The van der Waals surface area contributed by atoms with Gasteiger partial charge in [-0.3, -0.25) is 4.79 Å². The van der Waals surface area contributed by atoms with Crippen LogP contribution in [-0.4, -0.2) is 32.1 Å². The fourth-order valence-electron chi connectivity index (χ4n) is 3.24. The first-order valence-corrected chi connectivity index (χ1v) is 12.3. The normalized spacial score (nSPS) is 13.6. The first-order valence-electron chi connectivity index (χ1n) is 11.9. The topological polar surface area (TPSA) is 50.4 Å². The highest BCUT2D eigenvalue weighted by Gasteiger charge is 2.10. The molecule has 2 aromatic carbocycles. The number of halogens is 3. The molecule has 0 atom stereocenters. The number of nitrogens with one attached hydrogen (secondary N) is 2. The SMILES string of the molecule is Cc1ccc(C)c(OCCCC(C)(C)C)c1.Fc1cc(F)c(S)cc1F.O=CNC1CCNCC1. The van der Waals surface area contributed by atoms with Gasteiger partial charge in [0, 0.05) is 17.0 Å². The first-order chi connectivity index (χ1) is 16.4. The zero-order valence-corrected chi connectivity index (χ0v) is 22.3. The maximum atomic E-state index is 12.3. The summed E-state index contributed by atoms with van der Waals surface area (Å²) in [6.45, 7) is 13.9. The van der Waals surface area contributed by atoms with Gasteiger partial charge in [-0.25, -0.2) is 13.2 Å². The lowest BCUT2D eigenvalue weighted by Gasteiger charge is -2.21. The quantitative estimate of drug-likeness (QED) is 0.182. The van der Waals surface area contributed by atoms with E-state index < -0.39 is 17.5 Å². The Labute approximate surface area is 213 Å². The van der Waals surface area contributed by atoms with Gasteiger partial charge in [-0.05, 0) is 81.3 Å². The zero-order chi connectivity index (χ0) is 26.4. The minimum atomic E-state index is -1.20. The van der Waals surface area contributed by atoms with E-state index in [2.05, 4.69) is 76.1 Å². The van der Waals surface area contributed by atoms with Gasteiger partial charge in [0.1, 0.15) is 11.6 Å². The lowest BCUT2D eigenvalue weighted by Crippen LogP contribution is -2.39. The molecular weight excluding hydrogens is 473 g/mol. The number of aryl methyl sites for hydroxylation is 2. The highest BCUT2D eigenvalue weighted by atomic mass is 32.1. The van der Waals surface area contributed by atoms with Gasteiger partial charge in [0.2, 0.25) is 6.41 Å². The van der Waals surface area contributed by atoms with E-state index in [1.165, 1.54) is 17.5 Å². The predicted octanol–water partition coefficient (Wildman–Crippen LogP) is 6.39. The van der Waals surface area contributed by atoms with Crippen molar-refractivity contribution in [1.29, 1.82) is 0 Å². The second-order valence-electron chi connectivity index (χ2n) is 9.81. The average molecular weight is 513 g/mol. The van der Waals surface area contributed by atoms with Crippen molar-refractivity contribution in [2.45, 2.75) is 71.2 Å². The van der Waals surface area contributed by atoms with E-state index in [0.717, 1.165) is 51.1 Å². The molecule has 0 aliphatic carbocycles. The summed E-state index contributed by atoms with van der Waals surface area (Å²) in [5.74, 6) is -2.11. The third-order valence-electron chi connectivity index (χ3n) is 5.30. The van der Waals surface area contributed by atoms with Crippen LogP contribution in [0.4, 0.5) is 13.2 Å². The second kappa shape index (κ2) is 15.7. The molecule has 0 unspecified atom stereocenters. The van der Waals surface area contributed by atoms with Crippen LogP contribution in [0, 0.1) is 36.7 Å². The molecular formula is C27H39F3N2O2S. The lowest BCUT2D eigenvalue weighted by atomic mass is 9.91. The molecule has 196 valence electrons. The van der Waals surface area contributed by atoms with Crippen molar-refractivity contribution in [2.24, 2.45) is 5.41 Å². The Morgan fingerprint density at radius 1 is 1.06 bits per heavy atom. The van der Waals surface area contributed by atoms with Gasteiger partial charge in [0.25, 0.3) is 0 Å². The molecule has 2 aromatic rings. The summed E-state index contributed by atoms with van der Waals surface area (Å²) in [7, 11) is 0. The molecule has 0 spiro atoms. The van der Waals surface area contributed by atoms with Gasteiger partial charge < -0.3 is 15.4 Å². The van der Waals surface area contributed by atoms with Gasteiger partial charge in [-0.15, -0.1) is 12.6 Å². The number of amides is 1. The molecule has 4 nitrogen and oxygen atoms in total. The van der Waals surface area contributed by atoms with Crippen LogP contribution in [0.5, 0.6) is 5.75 Å². The Balaban J connectivity index is 0.000000278. The van der Waals surface area contributed by atoms with E-state index in [4.69, 9.17) is 4.74 Å². The third kappa shape index (κ3) is 13.5. The van der Waals surface area contributed by atoms with Crippen molar-refractivity contribution >= 4 is 19.0 Å². The fourth-order valence-corrected chi connectivity index (χ4v) is 3.42. The number of rotatable bonds is 6. The van der Waals surface area contributed by atoms with Gasteiger partial charge in [-0.2, -0.15) is 0 Å². The third-order valence-corrected chi connectivity index (χ3v) is 5.65. The zero-order valence-electron chi connectivity index (χ0n) is 21.4. The van der Waals surface area contributed by atoms with Gasteiger partial charge >= 0.3 is 0 Å². The molecule has 0 saturated carbocycles. The highest BCUT2D eigenvalue weighted by molar-refractivity contribution is 7.80. The number of carbonyl (C=O) groups is 1. The van der Waals surface area contributed by atoms with Crippen LogP contribution >= 0.6 is 12.6 Å². The van der Waals surface area contributed by atoms with E-state index in [9.17, 15) is 18.0 Å². The minimum absolute atomic E-state index is 0.195. The molecule has 0 bridgehead atoms. The molecule has 0 radical (unpaired) electrons. The summed E-state index contributed by atoms with van der Waals surface area (Å²) >= 11 is 3.53. The standard InChI is InChI=1S/C15H24O.C6H3F3S.C6H12N2O/c1-12-7-8-13(2)14(11-12)16-10-6-9-15(3,4)5;7-3-1-5(9)6(10)2-4(3)8;9-5-8-6-1-3-7-4-2-6/h7-8,11H,6,9-10H2,1-5H3;1-2,10H;5-7H,1-4H2,(H,8,9). The van der Waals surface area contributed by atoms with Crippen LogP contribution < -0.4 is 15.4 Å². The number of carbonyl (C=O) groups excluding carboxylic acids is 1. The Kier molecular flexibility index (Phi) is 13.9. The van der Waals surface area contributed by atoms with Crippen LogP contribution in [0.15, 0.2) is 35.2 Å². The lowest BCUT2D eigenvalue weighted by molar-refractivity contribution is -0.110. The highest BCUT2D eigenvalue weighted by Crippen LogP contribution is 2.23. The van der Waals surface area contributed by atoms with Gasteiger partial charge in [-0.1, -0.05) is 32.9 Å². The van der Waals surface area contributed by atoms with E-state index in [1.807, 2.05) is 0 Å². The fraction of sp³-hybridized carbons (Fsp3) is 0.519. The first kappa shape index (κ1) is 30.8. The molecule has 1 fully saturated rings. The Morgan fingerprint density at radius 2 is 1.69 bits per heavy atom. The van der Waals surface area contributed by atoms with E-state index >= 15 is 0 Å². The molecule has 3 rings (SSSR count). The second-order valence-corrected chi connectivity index (χ2v) is 10.3. The molecule has 1 heterocycles. The van der Waals surface area contributed by atoms with Crippen molar-refractivity contribution < 1.29 is 22.7 Å². The molecule has 8 heteroatoms. The molecule has 0 aromatic heterocycles. The largest absolute Gasteiger partial charge is 0.493 e. The summed E-state index contributed by atoms with van der Waals surface area (Å²) in [5.41, 5.74) is 2.89. The summed E-state index contributed by atoms with van der Waals surface area (Å²) in [5, 5.41) is 5.98. The summed E-state index contributed by atoms with van der Waals surface area (Å²) < 4.78 is 42.4. The maximum Gasteiger partial charge on any atom is 0.207 e. The van der Waals surface area contributed by atoms with Crippen LogP contribution in [-0.2, 0) is 4.79 Å². The van der Waals surface area contributed by atoms with Crippen molar-refractivity contribution in [3.8, 4) is 5.75 Å². The number of ether oxygens (including phenoxy) is 1. The number of benzene rings is 2. The van der Waals surface area contributed by atoms with Gasteiger partial charge in [0.15, 0.2) is 11.6 Å². The number of piperidine rings is 1. The van der Waals surface area contributed by atoms with E-state index in [1.54, 1.807) is 0 Å². The average Bonchev–Trinajstić information content (AvgIpc) is 2.79. The summed E-state index contributed by atoms with van der Waals surface area (Å²) in [6.07, 6.45) is 5.25. The van der Waals surface area contributed by atoms with E-state index in [-0.39, 0.29) is 4.90 Å². The molecule has 2 N–H and O–H groups in total. The van der Waals surface area contributed by atoms with Crippen molar-refractivity contribution in [1.82, 2.24) is 10.6 Å². The number of hydrogen-bond donors (Lipinski definition) is 3. The van der Waals surface area contributed by atoms with Crippen molar-refractivity contribution in [3.05, 3.63) is 58.9 Å². The summed E-state index contributed by atoms with van der Waals surface area (Å²) in [6, 6.07) is 7.92. The maximum absolute atomic E-state index is 12.3. The molecule has 1 saturated heterocycles. The Hall–Kier alpha value is -2.19. The number of hydrogen-bond acceptors (Lipinski definition) is 4. The van der Waals surface area contributed by atoms with Crippen molar-refractivity contribution in [2.75, 3.05) is 19.7 Å². The van der Waals surface area contributed by atoms with E-state index in [0.29, 0.717) is 23.6 Å².